The van der Waals surface area contributed by atoms with E-state index in [2.05, 4.69) is 15.0 Å². The number of aromatic nitrogens is 3. The molecule has 6 nitrogen and oxygen atoms in total. The van der Waals surface area contributed by atoms with Gasteiger partial charge in [0, 0.05) is 36.6 Å². The maximum Gasteiger partial charge on any atom is 0.261 e. The molecule has 0 aromatic carbocycles. The summed E-state index contributed by atoms with van der Waals surface area (Å²) in [6, 6.07) is 1.81. The largest absolute Gasteiger partial charge is 0.346 e. The van der Waals surface area contributed by atoms with Crippen molar-refractivity contribution in [1.29, 1.82) is 0 Å². The smallest absolute Gasteiger partial charge is 0.261 e. The molecule has 126 valence electrons. The van der Waals surface area contributed by atoms with Gasteiger partial charge in [0.05, 0.1) is 0 Å². The Hall–Kier alpha value is -2.37. The Morgan fingerprint density at radius 3 is 2.96 bits per heavy atom. The molecule has 3 heterocycles. The van der Waals surface area contributed by atoms with Crippen LogP contribution in [0.5, 0.6) is 0 Å². The molecule has 0 saturated carbocycles. The van der Waals surface area contributed by atoms with Crippen molar-refractivity contribution in [2.24, 2.45) is 0 Å². The van der Waals surface area contributed by atoms with Gasteiger partial charge in [0.15, 0.2) is 0 Å². The Morgan fingerprint density at radius 1 is 1.29 bits per heavy atom. The van der Waals surface area contributed by atoms with Crippen molar-refractivity contribution in [1.82, 2.24) is 19.9 Å². The van der Waals surface area contributed by atoms with Crippen LogP contribution >= 0.6 is 0 Å². The predicted molar refractivity (Wildman–Crippen MR) is 90.3 cm³/mol. The molecule has 4 rings (SSSR count). The number of fused-ring (bicyclic) bond motifs is 1. The Morgan fingerprint density at radius 2 is 2.17 bits per heavy atom. The number of carbonyl (C=O) groups excluding carboxylic acids is 1. The highest BCUT2D eigenvalue weighted by molar-refractivity contribution is 5.94. The minimum atomic E-state index is -0.253. The summed E-state index contributed by atoms with van der Waals surface area (Å²) in [6.45, 7) is 3.29. The number of nitrogens with zero attached hydrogens (tertiary/aromatic N) is 2. The van der Waals surface area contributed by atoms with E-state index in [1.807, 2.05) is 19.2 Å². The van der Waals surface area contributed by atoms with E-state index < -0.39 is 0 Å². The van der Waals surface area contributed by atoms with Crippen LogP contribution in [0.15, 0.2) is 17.1 Å². The molecule has 1 saturated heterocycles. The minimum absolute atomic E-state index is 0.154. The molecular weight excluding hydrogens is 304 g/mol. The number of rotatable bonds is 2. The van der Waals surface area contributed by atoms with Crippen molar-refractivity contribution in [3.63, 3.8) is 0 Å². The van der Waals surface area contributed by atoms with E-state index in [-0.39, 0.29) is 22.9 Å². The zero-order valence-corrected chi connectivity index (χ0v) is 13.9. The lowest BCUT2D eigenvalue weighted by molar-refractivity contribution is 0.0703. The van der Waals surface area contributed by atoms with Crippen molar-refractivity contribution in [3.8, 4) is 0 Å². The van der Waals surface area contributed by atoms with E-state index in [0.29, 0.717) is 13.1 Å². The lowest BCUT2D eigenvalue weighted by Crippen LogP contribution is -2.41. The summed E-state index contributed by atoms with van der Waals surface area (Å²) in [5.41, 5.74) is 3.18. The first-order valence-electron chi connectivity index (χ1n) is 8.67. The van der Waals surface area contributed by atoms with E-state index in [4.69, 9.17) is 0 Å². The molecule has 0 spiro atoms. The van der Waals surface area contributed by atoms with Crippen LogP contribution < -0.4 is 5.56 Å². The number of carbonyl (C=O) groups is 1. The zero-order chi connectivity index (χ0) is 16.7. The van der Waals surface area contributed by atoms with Crippen molar-refractivity contribution in [2.75, 3.05) is 13.1 Å². The van der Waals surface area contributed by atoms with Gasteiger partial charge in [-0.15, -0.1) is 0 Å². The highest BCUT2D eigenvalue weighted by atomic mass is 16.2. The highest BCUT2D eigenvalue weighted by Crippen LogP contribution is 2.26. The molecule has 1 atom stereocenters. The second-order valence-corrected chi connectivity index (χ2v) is 6.91. The topological polar surface area (TPSA) is 81.8 Å². The lowest BCUT2D eigenvalue weighted by atomic mass is 9.96. The number of piperidine rings is 1. The summed E-state index contributed by atoms with van der Waals surface area (Å²) in [5, 5.41) is 0. The third kappa shape index (κ3) is 2.66. The first kappa shape index (κ1) is 15.2. The number of aromatic amines is 2. The number of imidazole rings is 1. The average molecular weight is 326 g/mol. The fourth-order valence-corrected chi connectivity index (χ4v) is 3.87. The monoisotopic (exact) mass is 326 g/mol. The summed E-state index contributed by atoms with van der Waals surface area (Å²) < 4.78 is 0. The molecule has 2 N–H and O–H groups in total. The summed E-state index contributed by atoms with van der Waals surface area (Å²) in [6.07, 6.45) is 6.66. The molecule has 0 bridgehead atoms. The fraction of sp³-hybridized carbons (Fsp3) is 0.500. The molecule has 1 amide bonds. The van der Waals surface area contributed by atoms with Gasteiger partial charge >= 0.3 is 0 Å². The summed E-state index contributed by atoms with van der Waals surface area (Å²) in [5.74, 6) is 0.997. The number of pyridine rings is 1. The molecule has 1 fully saturated rings. The average Bonchev–Trinajstić information content (AvgIpc) is 3.22. The molecule has 0 radical (unpaired) electrons. The number of hydrogen-bond acceptors (Lipinski definition) is 3. The molecular formula is C18H22N4O2. The first-order chi connectivity index (χ1) is 11.6. The number of hydrogen-bond donors (Lipinski definition) is 2. The van der Waals surface area contributed by atoms with Crippen LogP contribution in [0, 0.1) is 6.92 Å². The van der Waals surface area contributed by atoms with Gasteiger partial charge in [0.25, 0.3) is 11.5 Å². The van der Waals surface area contributed by atoms with Crippen molar-refractivity contribution < 1.29 is 4.79 Å². The number of amides is 1. The third-order valence-corrected chi connectivity index (χ3v) is 5.14. The van der Waals surface area contributed by atoms with Crippen LogP contribution in [-0.2, 0) is 12.8 Å². The molecule has 2 aliphatic rings. The van der Waals surface area contributed by atoms with Gasteiger partial charge in [-0.1, -0.05) is 0 Å². The van der Waals surface area contributed by atoms with E-state index >= 15 is 0 Å². The normalized spacial score (nSPS) is 20.2. The maximum absolute atomic E-state index is 12.9. The Kier molecular flexibility index (Phi) is 3.75. The molecule has 2 aromatic rings. The Balaban J connectivity index is 1.57. The molecule has 0 unspecified atom stereocenters. The van der Waals surface area contributed by atoms with Crippen molar-refractivity contribution in [2.45, 2.75) is 44.9 Å². The summed E-state index contributed by atoms with van der Waals surface area (Å²) in [4.78, 5) is 37.6. The number of nitrogens with one attached hydrogen (secondary N) is 2. The van der Waals surface area contributed by atoms with E-state index in [0.717, 1.165) is 54.9 Å². The zero-order valence-electron chi connectivity index (χ0n) is 13.9. The van der Waals surface area contributed by atoms with Crippen LogP contribution in [-0.4, -0.2) is 38.8 Å². The standard InChI is InChI=1S/C18H22N4O2/c1-11-9-19-16(20-11)13-5-3-7-22(10-13)18(24)14-8-12-4-2-6-15(12)21-17(14)23/h8-9,13H,2-7,10H2,1H3,(H,19,20)(H,21,23)/t13-/m1/s1. The quantitative estimate of drug-likeness (QED) is 0.884. The van der Waals surface area contributed by atoms with Gasteiger partial charge in [-0.25, -0.2) is 4.98 Å². The van der Waals surface area contributed by atoms with Crippen molar-refractivity contribution in [3.05, 3.63) is 51.0 Å². The van der Waals surface area contributed by atoms with Gasteiger partial charge in [-0.3, -0.25) is 9.59 Å². The predicted octanol–water partition coefficient (Wildman–Crippen LogP) is 1.91. The molecule has 1 aliphatic carbocycles. The van der Waals surface area contributed by atoms with E-state index in [1.165, 1.54) is 0 Å². The molecule has 2 aromatic heterocycles. The number of aryl methyl sites for hydroxylation is 3. The summed E-state index contributed by atoms with van der Waals surface area (Å²) >= 11 is 0. The van der Waals surface area contributed by atoms with E-state index in [1.54, 1.807) is 4.90 Å². The van der Waals surface area contributed by atoms with Crippen LogP contribution in [0.2, 0.25) is 0 Å². The van der Waals surface area contributed by atoms with Crippen LogP contribution in [0.3, 0.4) is 0 Å². The Bertz CT molecular complexity index is 836. The highest BCUT2D eigenvalue weighted by Gasteiger charge is 2.29. The first-order valence-corrected chi connectivity index (χ1v) is 8.67. The lowest BCUT2D eigenvalue weighted by Gasteiger charge is -2.31. The van der Waals surface area contributed by atoms with Crippen LogP contribution in [0.1, 0.15) is 58.3 Å². The van der Waals surface area contributed by atoms with Gasteiger partial charge in [0.1, 0.15) is 11.4 Å². The van der Waals surface area contributed by atoms with Gasteiger partial charge in [-0.05, 0) is 50.7 Å². The van der Waals surface area contributed by atoms with Crippen LogP contribution in [0.25, 0.3) is 0 Å². The van der Waals surface area contributed by atoms with Crippen molar-refractivity contribution >= 4 is 5.91 Å². The second-order valence-electron chi connectivity index (χ2n) is 6.91. The Labute approximate surface area is 140 Å². The molecule has 1 aliphatic heterocycles. The second kappa shape index (κ2) is 5.92. The van der Waals surface area contributed by atoms with E-state index in [9.17, 15) is 9.59 Å². The fourth-order valence-electron chi connectivity index (χ4n) is 3.87. The van der Waals surface area contributed by atoms with Crippen LogP contribution in [0.4, 0.5) is 0 Å². The van der Waals surface area contributed by atoms with Gasteiger partial charge < -0.3 is 14.9 Å². The molecule has 6 heteroatoms. The van der Waals surface area contributed by atoms with Gasteiger partial charge in [0.2, 0.25) is 0 Å². The minimum Gasteiger partial charge on any atom is -0.346 e. The summed E-state index contributed by atoms with van der Waals surface area (Å²) in [7, 11) is 0. The SMILES string of the molecule is Cc1cnc([C@@H]2CCCN(C(=O)c3cc4c([nH]c3=O)CCC4)C2)[nH]1. The number of H-pyrrole nitrogens is 2. The maximum atomic E-state index is 12.9. The molecule has 24 heavy (non-hydrogen) atoms. The third-order valence-electron chi connectivity index (χ3n) is 5.14. The van der Waals surface area contributed by atoms with Gasteiger partial charge in [-0.2, -0.15) is 0 Å². The number of likely N-dealkylation sites (tertiary alicyclic amines) is 1.